The highest BCUT2D eigenvalue weighted by Gasteiger charge is 2.14. The highest BCUT2D eigenvalue weighted by Crippen LogP contribution is 2.30. The van der Waals surface area contributed by atoms with Gasteiger partial charge in [-0.25, -0.2) is 4.98 Å². The van der Waals surface area contributed by atoms with Gasteiger partial charge in [-0.05, 0) is 12.5 Å². The zero-order chi connectivity index (χ0) is 12.1. The number of allylic oxidation sites excluding steroid dienone is 3. The Kier molecular flexibility index (Phi) is 4.55. The third-order valence-corrected chi connectivity index (χ3v) is 4.54. The van der Waals surface area contributed by atoms with Crippen LogP contribution in [0, 0.1) is 0 Å². The van der Waals surface area contributed by atoms with Gasteiger partial charge in [-0.1, -0.05) is 51.3 Å². The van der Waals surface area contributed by atoms with Gasteiger partial charge in [0.2, 0.25) is 0 Å². The molecule has 0 N–H and O–H groups in total. The number of nitrogens with zero attached hydrogens (tertiary/aromatic N) is 1. The van der Waals surface area contributed by atoms with Crippen molar-refractivity contribution in [3.63, 3.8) is 0 Å². The zero-order valence-corrected chi connectivity index (χ0v) is 11.6. The molecule has 2 rings (SSSR count). The average Bonchev–Trinajstić information content (AvgIpc) is 2.61. The van der Waals surface area contributed by atoms with E-state index in [1.165, 1.54) is 41.3 Å². The fourth-order valence-electron chi connectivity index (χ4n) is 2.09. The first-order chi connectivity index (χ1) is 8.31. The summed E-state index contributed by atoms with van der Waals surface area (Å²) in [6, 6.07) is 0. The molecule has 0 radical (unpaired) electrons. The van der Waals surface area contributed by atoms with Gasteiger partial charge in [0.05, 0.1) is 10.7 Å². The molecule has 0 saturated carbocycles. The van der Waals surface area contributed by atoms with Crippen LogP contribution >= 0.6 is 11.3 Å². The monoisotopic (exact) mass is 247 g/mol. The second-order valence-corrected chi connectivity index (χ2v) is 5.86. The highest BCUT2D eigenvalue weighted by molar-refractivity contribution is 7.11. The van der Waals surface area contributed by atoms with Gasteiger partial charge in [0, 0.05) is 17.2 Å². The number of thiazole rings is 1. The summed E-state index contributed by atoms with van der Waals surface area (Å²) < 4.78 is 0. The van der Waals surface area contributed by atoms with Crippen molar-refractivity contribution in [2.45, 2.75) is 51.9 Å². The molecule has 0 amide bonds. The summed E-state index contributed by atoms with van der Waals surface area (Å²) in [5, 5.41) is 1.33. The third-order valence-electron chi connectivity index (χ3n) is 3.21. The van der Waals surface area contributed by atoms with Crippen LogP contribution in [-0.2, 0) is 6.42 Å². The van der Waals surface area contributed by atoms with E-state index in [9.17, 15) is 0 Å². The number of aromatic nitrogens is 1. The SMILES string of the molecule is CCCCCC(C)c1nc2c(s1)CC=CC=C2. The van der Waals surface area contributed by atoms with Crippen LogP contribution < -0.4 is 0 Å². The van der Waals surface area contributed by atoms with Crippen molar-refractivity contribution in [1.82, 2.24) is 4.98 Å². The smallest absolute Gasteiger partial charge is 0.0963 e. The van der Waals surface area contributed by atoms with E-state index in [0.29, 0.717) is 5.92 Å². The van der Waals surface area contributed by atoms with E-state index in [1.807, 2.05) is 11.3 Å². The predicted molar refractivity (Wildman–Crippen MR) is 76.5 cm³/mol. The quantitative estimate of drug-likeness (QED) is 0.671. The standard InChI is InChI=1S/C15H21NS/c1-3-4-6-9-12(2)15-16-13-10-7-5-8-11-14(13)17-15/h5,7-8,10,12H,3-4,6,9,11H2,1-2H3. The lowest BCUT2D eigenvalue weighted by Gasteiger charge is -2.06. The molecule has 1 atom stereocenters. The van der Waals surface area contributed by atoms with Crippen molar-refractivity contribution in [2.24, 2.45) is 0 Å². The molecule has 1 aromatic heterocycles. The number of hydrogen-bond donors (Lipinski definition) is 0. The van der Waals surface area contributed by atoms with Gasteiger partial charge in [0.25, 0.3) is 0 Å². The molecule has 17 heavy (non-hydrogen) atoms. The Morgan fingerprint density at radius 2 is 2.24 bits per heavy atom. The molecule has 0 aromatic carbocycles. The Morgan fingerprint density at radius 3 is 3.06 bits per heavy atom. The summed E-state index contributed by atoms with van der Waals surface area (Å²) in [5.41, 5.74) is 1.19. The van der Waals surface area contributed by atoms with Crippen LogP contribution in [0.15, 0.2) is 18.2 Å². The largest absolute Gasteiger partial charge is 0.241 e. The summed E-state index contributed by atoms with van der Waals surface area (Å²) >= 11 is 1.90. The van der Waals surface area contributed by atoms with Crippen molar-refractivity contribution in [2.75, 3.05) is 0 Å². The Labute approximate surface area is 108 Å². The minimum Gasteiger partial charge on any atom is -0.241 e. The summed E-state index contributed by atoms with van der Waals surface area (Å²) in [7, 11) is 0. The summed E-state index contributed by atoms with van der Waals surface area (Å²) in [6.07, 6.45) is 14.9. The molecule has 1 nitrogen and oxygen atoms in total. The number of rotatable bonds is 5. The minimum atomic E-state index is 0.621. The van der Waals surface area contributed by atoms with Crippen molar-refractivity contribution in [1.29, 1.82) is 0 Å². The molecule has 1 aliphatic carbocycles. The van der Waals surface area contributed by atoms with E-state index < -0.39 is 0 Å². The number of unbranched alkanes of at least 4 members (excludes halogenated alkanes) is 2. The molecule has 1 heterocycles. The van der Waals surface area contributed by atoms with Gasteiger partial charge < -0.3 is 0 Å². The summed E-state index contributed by atoms with van der Waals surface area (Å²) in [4.78, 5) is 6.20. The maximum Gasteiger partial charge on any atom is 0.0963 e. The van der Waals surface area contributed by atoms with E-state index >= 15 is 0 Å². The normalized spacial score (nSPS) is 15.6. The molecule has 0 saturated heterocycles. The molecule has 0 bridgehead atoms. The predicted octanol–water partition coefficient (Wildman–Crippen LogP) is 4.95. The van der Waals surface area contributed by atoms with Gasteiger partial charge >= 0.3 is 0 Å². The molecule has 0 spiro atoms. The van der Waals surface area contributed by atoms with Gasteiger partial charge in [-0.15, -0.1) is 11.3 Å². The highest BCUT2D eigenvalue weighted by atomic mass is 32.1. The maximum atomic E-state index is 4.78. The average molecular weight is 247 g/mol. The van der Waals surface area contributed by atoms with Gasteiger partial charge in [0.15, 0.2) is 0 Å². The summed E-state index contributed by atoms with van der Waals surface area (Å²) in [6.45, 7) is 4.57. The zero-order valence-electron chi connectivity index (χ0n) is 10.8. The lowest BCUT2D eigenvalue weighted by molar-refractivity contribution is 0.595. The fraction of sp³-hybridized carbons (Fsp3) is 0.533. The van der Waals surface area contributed by atoms with E-state index in [1.54, 1.807) is 0 Å². The molecule has 92 valence electrons. The first-order valence-corrected chi connectivity index (χ1v) is 7.45. The van der Waals surface area contributed by atoms with Crippen LogP contribution in [-0.4, -0.2) is 4.98 Å². The van der Waals surface area contributed by atoms with Crippen LogP contribution in [0.1, 0.15) is 61.0 Å². The molecular weight excluding hydrogens is 226 g/mol. The van der Waals surface area contributed by atoms with E-state index in [4.69, 9.17) is 4.98 Å². The van der Waals surface area contributed by atoms with E-state index in [-0.39, 0.29) is 0 Å². The molecule has 1 unspecified atom stereocenters. The maximum absolute atomic E-state index is 4.78. The van der Waals surface area contributed by atoms with Crippen LogP contribution in [0.3, 0.4) is 0 Å². The molecule has 0 aliphatic heterocycles. The van der Waals surface area contributed by atoms with Crippen LogP contribution in [0.2, 0.25) is 0 Å². The summed E-state index contributed by atoms with van der Waals surface area (Å²) in [5.74, 6) is 0.621. The van der Waals surface area contributed by atoms with E-state index in [0.717, 1.165) is 6.42 Å². The molecule has 0 fully saturated rings. The Bertz CT molecular complexity index is 415. The van der Waals surface area contributed by atoms with Gasteiger partial charge in [0.1, 0.15) is 0 Å². The van der Waals surface area contributed by atoms with Crippen molar-refractivity contribution in [3.8, 4) is 0 Å². The third kappa shape index (κ3) is 3.29. The first-order valence-electron chi connectivity index (χ1n) is 6.64. The van der Waals surface area contributed by atoms with Crippen molar-refractivity contribution >= 4 is 17.4 Å². The second-order valence-electron chi connectivity index (χ2n) is 4.75. The first kappa shape index (κ1) is 12.6. The number of fused-ring (bicyclic) bond motifs is 1. The van der Waals surface area contributed by atoms with Crippen LogP contribution in [0.5, 0.6) is 0 Å². The lowest BCUT2D eigenvalue weighted by Crippen LogP contribution is -1.92. The van der Waals surface area contributed by atoms with Crippen molar-refractivity contribution in [3.05, 3.63) is 33.8 Å². The van der Waals surface area contributed by atoms with Gasteiger partial charge in [-0.3, -0.25) is 0 Å². The Hall–Kier alpha value is -0.890. The topological polar surface area (TPSA) is 12.9 Å². The minimum absolute atomic E-state index is 0.621. The number of hydrogen-bond acceptors (Lipinski definition) is 2. The molecule has 1 aliphatic rings. The van der Waals surface area contributed by atoms with Crippen LogP contribution in [0.25, 0.3) is 6.08 Å². The fourth-order valence-corrected chi connectivity index (χ4v) is 3.21. The van der Waals surface area contributed by atoms with Gasteiger partial charge in [-0.2, -0.15) is 0 Å². The Balaban J connectivity index is 2.02. The lowest BCUT2D eigenvalue weighted by atomic mass is 10.0. The molecule has 2 heteroatoms. The van der Waals surface area contributed by atoms with E-state index in [2.05, 4.69) is 38.2 Å². The Morgan fingerprint density at radius 1 is 1.35 bits per heavy atom. The van der Waals surface area contributed by atoms with Crippen molar-refractivity contribution < 1.29 is 0 Å². The molecule has 1 aromatic rings. The molecular formula is C15H21NS. The second kappa shape index (κ2) is 6.15. The van der Waals surface area contributed by atoms with Crippen LogP contribution in [0.4, 0.5) is 0 Å².